The van der Waals surface area contributed by atoms with Crippen LogP contribution in [0.25, 0.3) is 0 Å². The molecule has 19 heavy (non-hydrogen) atoms. The predicted octanol–water partition coefficient (Wildman–Crippen LogP) is 2.33. The minimum atomic E-state index is -1.03. The zero-order valence-electron chi connectivity index (χ0n) is 11.5. The first-order valence-electron chi connectivity index (χ1n) is 6.41. The second-order valence-electron chi connectivity index (χ2n) is 6.17. The van der Waals surface area contributed by atoms with Gasteiger partial charge in [-0.1, -0.05) is 32.9 Å². The molecule has 102 valence electrons. The van der Waals surface area contributed by atoms with E-state index >= 15 is 0 Å². The van der Waals surface area contributed by atoms with Crippen molar-refractivity contribution in [2.75, 3.05) is 0 Å². The molecule has 0 unspecified atom stereocenters. The number of carboxylic acid groups (broad SMARTS) is 1. The number of hydrogen-bond donors (Lipinski definition) is 2. The van der Waals surface area contributed by atoms with Gasteiger partial charge in [-0.15, -0.1) is 0 Å². The van der Waals surface area contributed by atoms with Crippen molar-refractivity contribution in [3.63, 3.8) is 0 Å². The molecular weight excluding hydrogens is 242 g/mol. The third-order valence-electron chi connectivity index (χ3n) is 3.53. The molecule has 0 radical (unpaired) electrons. The highest BCUT2D eigenvalue weighted by Gasteiger charge is 2.51. The molecule has 1 fully saturated rings. The molecule has 2 N–H and O–H groups in total. The topological polar surface area (TPSA) is 66.4 Å². The highest BCUT2D eigenvalue weighted by molar-refractivity contribution is 5.98. The Labute approximate surface area is 112 Å². The minimum absolute atomic E-state index is 0.0355. The Bertz CT molecular complexity index is 507. The summed E-state index contributed by atoms with van der Waals surface area (Å²) in [6.07, 6.45) is 1.02. The van der Waals surface area contributed by atoms with Crippen LogP contribution in [0.3, 0.4) is 0 Å². The van der Waals surface area contributed by atoms with Gasteiger partial charge in [-0.2, -0.15) is 0 Å². The molecule has 1 aliphatic carbocycles. The van der Waals surface area contributed by atoms with Crippen LogP contribution in [0.15, 0.2) is 24.3 Å². The average Bonchev–Trinajstić information content (AvgIpc) is 3.09. The number of benzene rings is 1. The Hall–Kier alpha value is -1.84. The van der Waals surface area contributed by atoms with Crippen LogP contribution < -0.4 is 5.32 Å². The van der Waals surface area contributed by atoms with Gasteiger partial charge in [0, 0.05) is 5.56 Å². The summed E-state index contributed by atoms with van der Waals surface area (Å²) in [4.78, 5) is 23.0. The maximum absolute atomic E-state index is 12.0. The maximum Gasteiger partial charge on any atom is 0.329 e. The summed E-state index contributed by atoms with van der Waals surface area (Å²) in [5.74, 6) is -1.27. The largest absolute Gasteiger partial charge is 0.480 e. The quantitative estimate of drug-likeness (QED) is 0.877. The van der Waals surface area contributed by atoms with Crippen molar-refractivity contribution in [1.82, 2.24) is 5.32 Å². The van der Waals surface area contributed by atoms with Crippen molar-refractivity contribution >= 4 is 11.9 Å². The van der Waals surface area contributed by atoms with E-state index < -0.39 is 11.5 Å². The fourth-order valence-electron chi connectivity index (χ4n) is 1.93. The molecule has 1 aliphatic rings. The van der Waals surface area contributed by atoms with Crippen LogP contribution in [0.4, 0.5) is 0 Å². The molecule has 2 rings (SSSR count). The SMILES string of the molecule is CC(C)(C)c1ccc(C(=O)NC2(C(=O)O)CC2)cc1. The summed E-state index contributed by atoms with van der Waals surface area (Å²) in [5.41, 5.74) is 0.650. The molecule has 4 heteroatoms. The molecule has 1 aromatic rings. The van der Waals surface area contributed by atoms with Gasteiger partial charge >= 0.3 is 5.97 Å². The number of carbonyl (C=O) groups excluding carboxylic acids is 1. The molecule has 4 nitrogen and oxygen atoms in total. The van der Waals surface area contributed by atoms with E-state index in [0.29, 0.717) is 18.4 Å². The van der Waals surface area contributed by atoms with Gasteiger partial charge in [-0.3, -0.25) is 4.79 Å². The van der Waals surface area contributed by atoms with Crippen LogP contribution in [-0.4, -0.2) is 22.5 Å². The first kappa shape index (κ1) is 13.6. The summed E-state index contributed by atoms with van der Waals surface area (Å²) in [6, 6.07) is 7.31. The Balaban J connectivity index is 2.11. The van der Waals surface area contributed by atoms with Crippen LogP contribution >= 0.6 is 0 Å². The van der Waals surface area contributed by atoms with Crippen molar-refractivity contribution in [1.29, 1.82) is 0 Å². The third kappa shape index (κ3) is 2.78. The van der Waals surface area contributed by atoms with Crippen molar-refractivity contribution in [3.05, 3.63) is 35.4 Å². The number of amides is 1. The fourth-order valence-corrected chi connectivity index (χ4v) is 1.93. The molecule has 0 spiro atoms. The summed E-state index contributed by atoms with van der Waals surface area (Å²) in [7, 11) is 0. The summed E-state index contributed by atoms with van der Waals surface area (Å²) < 4.78 is 0. The van der Waals surface area contributed by atoms with E-state index in [1.165, 1.54) is 0 Å². The molecule has 1 amide bonds. The molecule has 0 atom stereocenters. The first-order valence-corrected chi connectivity index (χ1v) is 6.41. The van der Waals surface area contributed by atoms with E-state index in [0.717, 1.165) is 5.56 Å². The van der Waals surface area contributed by atoms with E-state index in [4.69, 9.17) is 5.11 Å². The summed E-state index contributed by atoms with van der Waals surface area (Å²) in [6.45, 7) is 6.31. The zero-order valence-corrected chi connectivity index (χ0v) is 11.5. The zero-order chi connectivity index (χ0) is 14.3. The molecular formula is C15H19NO3. The number of carbonyl (C=O) groups is 2. The van der Waals surface area contributed by atoms with Gasteiger partial charge in [0.15, 0.2) is 0 Å². The molecule has 0 aromatic heterocycles. The predicted molar refractivity (Wildman–Crippen MR) is 72.2 cm³/mol. The number of aliphatic carboxylic acids is 1. The first-order chi connectivity index (χ1) is 8.74. The van der Waals surface area contributed by atoms with Gasteiger partial charge in [0.25, 0.3) is 5.91 Å². The van der Waals surface area contributed by atoms with Gasteiger partial charge in [0.2, 0.25) is 0 Å². The van der Waals surface area contributed by atoms with Gasteiger partial charge in [-0.05, 0) is 36.0 Å². The maximum atomic E-state index is 12.0. The Morgan fingerprint density at radius 1 is 1.16 bits per heavy atom. The lowest BCUT2D eigenvalue weighted by Gasteiger charge is -2.19. The molecule has 1 saturated carbocycles. The summed E-state index contributed by atoms with van der Waals surface area (Å²) >= 11 is 0. The van der Waals surface area contributed by atoms with Crippen molar-refractivity contribution in [2.45, 2.75) is 44.6 Å². The molecule has 0 aliphatic heterocycles. The number of nitrogens with one attached hydrogen (secondary N) is 1. The smallest absolute Gasteiger partial charge is 0.329 e. The lowest BCUT2D eigenvalue weighted by atomic mass is 9.86. The van der Waals surface area contributed by atoms with E-state index in [1.807, 2.05) is 12.1 Å². The molecule has 1 aromatic carbocycles. The van der Waals surface area contributed by atoms with Crippen LogP contribution in [0, 0.1) is 0 Å². The highest BCUT2D eigenvalue weighted by Crippen LogP contribution is 2.35. The summed E-state index contributed by atoms with van der Waals surface area (Å²) in [5, 5.41) is 11.6. The van der Waals surface area contributed by atoms with E-state index in [2.05, 4.69) is 26.1 Å². The van der Waals surface area contributed by atoms with E-state index in [9.17, 15) is 9.59 Å². The Kier molecular flexibility index (Phi) is 3.12. The number of hydrogen-bond acceptors (Lipinski definition) is 2. The Morgan fingerprint density at radius 2 is 1.68 bits per heavy atom. The number of carboxylic acids is 1. The standard InChI is InChI=1S/C15H19NO3/c1-14(2,3)11-6-4-10(5-7-11)12(17)16-15(8-9-15)13(18)19/h4-7H,8-9H2,1-3H3,(H,16,17)(H,18,19). The van der Waals surface area contributed by atoms with Gasteiger partial charge in [0.1, 0.15) is 5.54 Å². The fraction of sp³-hybridized carbons (Fsp3) is 0.467. The monoisotopic (exact) mass is 261 g/mol. The van der Waals surface area contributed by atoms with Gasteiger partial charge < -0.3 is 10.4 Å². The van der Waals surface area contributed by atoms with Crippen LogP contribution in [0.2, 0.25) is 0 Å². The van der Waals surface area contributed by atoms with Crippen molar-refractivity contribution in [3.8, 4) is 0 Å². The average molecular weight is 261 g/mol. The van der Waals surface area contributed by atoms with Crippen LogP contribution in [-0.2, 0) is 10.2 Å². The lowest BCUT2D eigenvalue weighted by Crippen LogP contribution is -2.43. The van der Waals surface area contributed by atoms with Gasteiger partial charge in [-0.25, -0.2) is 4.79 Å². The van der Waals surface area contributed by atoms with E-state index in [1.54, 1.807) is 12.1 Å². The van der Waals surface area contributed by atoms with Crippen LogP contribution in [0.5, 0.6) is 0 Å². The minimum Gasteiger partial charge on any atom is -0.480 e. The molecule has 0 saturated heterocycles. The second kappa shape index (κ2) is 4.37. The van der Waals surface area contributed by atoms with Crippen molar-refractivity contribution in [2.24, 2.45) is 0 Å². The van der Waals surface area contributed by atoms with Crippen molar-refractivity contribution < 1.29 is 14.7 Å². The second-order valence-corrected chi connectivity index (χ2v) is 6.17. The highest BCUT2D eigenvalue weighted by atomic mass is 16.4. The normalized spacial score (nSPS) is 16.8. The Morgan fingerprint density at radius 3 is 2.05 bits per heavy atom. The van der Waals surface area contributed by atoms with E-state index in [-0.39, 0.29) is 11.3 Å². The van der Waals surface area contributed by atoms with Crippen LogP contribution in [0.1, 0.15) is 49.5 Å². The lowest BCUT2D eigenvalue weighted by molar-refractivity contribution is -0.140. The molecule has 0 heterocycles. The number of rotatable bonds is 3. The third-order valence-corrected chi connectivity index (χ3v) is 3.53. The molecule has 0 bridgehead atoms. The van der Waals surface area contributed by atoms with Gasteiger partial charge in [0.05, 0.1) is 0 Å².